The summed E-state index contributed by atoms with van der Waals surface area (Å²) in [5.41, 5.74) is 1.67. The van der Waals surface area contributed by atoms with Crippen LogP contribution >= 0.6 is 0 Å². The van der Waals surface area contributed by atoms with E-state index in [1.807, 2.05) is 31.2 Å². The highest BCUT2D eigenvalue weighted by molar-refractivity contribution is 7.89. The fraction of sp³-hybridized carbons (Fsp3) is 0.471. The Morgan fingerprint density at radius 2 is 1.84 bits per heavy atom. The standard InChI is InChI=1S/C17H24N4O3S/c1-4-24-16-8-6-5-7-15(16)20-9-11-21(12-10-20)25(22,23)17-13-18-19(3)14(17)2/h5-8,13H,4,9-12H2,1-3H3. The maximum Gasteiger partial charge on any atom is 0.246 e. The maximum atomic E-state index is 12.9. The first kappa shape index (κ1) is 17.8. The zero-order valence-electron chi connectivity index (χ0n) is 14.8. The van der Waals surface area contributed by atoms with Gasteiger partial charge < -0.3 is 9.64 Å². The van der Waals surface area contributed by atoms with Gasteiger partial charge in [-0.1, -0.05) is 12.1 Å². The van der Waals surface area contributed by atoms with Gasteiger partial charge in [0.1, 0.15) is 10.6 Å². The lowest BCUT2D eigenvalue weighted by molar-refractivity contribution is 0.337. The number of hydrogen-bond donors (Lipinski definition) is 0. The minimum absolute atomic E-state index is 0.290. The second-order valence-corrected chi connectivity index (χ2v) is 7.92. The predicted molar refractivity (Wildman–Crippen MR) is 96.5 cm³/mol. The number of aromatic nitrogens is 2. The number of para-hydroxylation sites is 2. The minimum atomic E-state index is -3.51. The smallest absolute Gasteiger partial charge is 0.246 e. The van der Waals surface area contributed by atoms with Gasteiger partial charge >= 0.3 is 0 Å². The number of hydrogen-bond acceptors (Lipinski definition) is 5. The summed E-state index contributed by atoms with van der Waals surface area (Å²) in [7, 11) is -1.76. The highest BCUT2D eigenvalue weighted by Crippen LogP contribution is 2.30. The van der Waals surface area contributed by atoms with Gasteiger partial charge in [0.15, 0.2) is 0 Å². The van der Waals surface area contributed by atoms with Gasteiger partial charge in [0.25, 0.3) is 0 Å². The zero-order valence-corrected chi connectivity index (χ0v) is 15.7. The minimum Gasteiger partial charge on any atom is -0.492 e. The zero-order chi connectivity index (χ0) is 18.0. The van der Waals surface area contributed by atoms with Crippen LogP contribution in [0.5, 0.6) is 5.75 Å². The fourth-order valence-corrected chi connectivity index (χ4v) is 4.64. The molecule has 2 heterocycles. The van der Waals surface area contributed by atoms with E-state index in [0.717, 1.165) is 11.4 Å². The average Bonchev–Trinajstić information content (AvgIpc) is 2.96. The summed E-state index contributed by atoms with van der Waals surface area (Å²) in [5.74, 6) is 0.837. The molecule has 7 nitrogen and oxygen atoms in total. The van der Waals surface area contributed by atoms with Crippen molar-refractivity contribution in [3.63, 3.8) is 0 Å². The molecule has 136 valence electrons. The van der Waals surface area contributed by atoms with E-state index in [2.05, 4.69) is 10.00 Å². The van der Waals surface area contributed by atoms with Crippen LogP contribution in [0.25, 0.3) is 0 Å². The quantitative estimate of drug-likeness (QED) is 0.807. The highest BCUT2D eigenvalue weighted by Gasteiger charge is 2.31. The van der Waals surface area contributed by atoms with Crippen LogP contribution in [0.1, 0.15) is 12.6 Å². The van der Waals surface area contributed by atoms with Crippen LogP contribution in [-0.2, 0) is 17.1 Å². The van der Waals surface area contributed by atoms with Crippen LogP contribution in [0.15, 0.2) is 35.4 Å². The molecule has 0 unspecified atom stereocenters. The molecule has 1 fully saturated rings. The Balaban J connectivity index is 1.75. The Morgan fingerprint density at radius 3 is 2.44 bits per heavy atom. The largest absolute Gasteiger partial charge is 0.492 e. The van der Waals surface area contributed by atoms with Gasteiger partial charge in [-0.15, -0.1) is 0 Å². The predicted octanol–water partition coefficient (Wildman–Crippen LogP) is 1.64. The van der Waals surface area contributed by atoms with Crippen LogP contribution in [0.4, 0.5) is 5.69 Å². The van der Waals surface area contributed by atoms with Gasteiger partial charge in [-0.2, -0.15) is 9.40 Å². The van der Waals surface area contributed by atoms with Crippen molar-refractivity contribution in [3.8, 4) is 5.75 Å². The first-order valence-electron chi connectivity index (χ1n) is 8.40. The van der Waals surface area contributed by atoms with E-state index in [9.17, 15) is 8.42 Å². The van der Waals surface area contributed by atoms with Gasteiger partial charge in [0.05, 0.1) is 24.2 Å². The molecule has 0 spiro atoms. The molecule has 0 bridgehead atoms. The van der Waals surface area contributed by atoms with E-state index in [-0.39, 0.29) is 4.90 Å². The number of aryl methyl sites for hydroxylation is 1. The molecule has 1 aromatic heterocycles. The Labute approximate surface area is 148 Å². The lowest BCUT2D eigenvalue weighted by Gasteiger charge is -2.35. The van der Waals surface area contributed by atoms with Crippen molar-refractivity contribution in [3.05, 3.63) is 36.2 Å². The van der Waals surface area contributed by atoms with Gasteiger partial charge in [0.2, 0.25) is 10.0 Å². The van der Waals surface area contributed by atoms with Crippen LogP contribution in [0, 0.1) is 6.92 Å². The molecule has 1 aromatic carbocycles. The van der Waals surface area contributed by atoms with Gasteiger partial charge in [-0.05, 0) is 26.0 Å². The molecule has 0 aliphatic carbocycles. The Hall–Kier alpha value is -2.06. The molecule has 0 amide bonds. The molecule has 1 aliphatic heterocycles. The average molecular weight is 364 g/mol. The van der Waals surface area contributed by atoms with E-state index in [0.29, 0.717) is 38.5 Å². The summed E-state index contributed by atoms with van der Waals surface area (Å²) in [6, 6.07) is 7.88. The number of piperazine rings is 1. The normalized spacial score (nSPS) is 16.2. The molecular formula is C17H24N4O3S. The third kappa shape index (κ3) is 3.36. The molecular weight excluding hydrogens is 340 g/mol. The molecule has 0 atom stereocenters. The van der Waals surface area contributed by atoms with Crippen molar-refractivity contribution in [1.29, 1.82) is 0 Å². The molecule has 0 saturated carbocycles. The van der Waals surface area contributed by atoms with Gasteiger partial charge in [0, 0.05) is 33.2 Å². The number of anilines is 1. The van der Waals surface area contributed by atoms with Crippen molar-refractivity contribution >= 4 is 15.7 Å². The summed E-state index contributed by atoms with van der Waals surface area (Å²) >= 11 is 0. The second kappa shape index (κ2) is 7.05. The van der Waals surface area contributed by atoms with E-state index in [1.165, 1.54) is 10.5 Å². The Bertz CT molecular complexity index is 839. The summed E-state index contributed by atoms with van der Waals surface area (Å²) < 4.78 is 34.5. The third-order valence-electron chi connectivity index (χ3n) is 4.55. The fourth-order valence-electron chi connectivity index (χ4n) is 3.04. The summed E-state index contributed by atoms with van der Waals surface area (Å²) in [6.45, 7) is 6.47. The van der Waals surface area contributed by atoms with Crippen LogP contribution in [-0.4, -0.2) is 55.3 Å². The van der Waals surface area contributed by atoms with Crippen molar-refractivity contribution in [2.45, 2.75) is 18.7 Å². The highest BCUT2D eigenvalue weighted by atomic mass is 32.2. The number of sulfonamides is 1. The molecule has 2 aromatic rings. The van der Waals surface area contributed by atoms with Crippen molar-refractivity contribution in [2.24, 2.45) is 7.05 Å². The molecule has 1 saturated heterocycles. The van der Waals surface area contributed by atoms with Gasteiger partial charge in [-0.3, -0.25) is 4.68 Å². The van der Waals surface area contributed by atoms with Gasteiger partial charge in [-0.25, -0.2) is 8.42 Å². The maximum absolute atomic E-state index is 12.9. The lowest BCUT2D eigenvalue weighted by atomic mass is 10.2. The van der Waals surface area contributed by atoms with E-state index in [1.54, 1.807) is 18.7 Å². The number of ether oxygens (including phenoxy) is 1. The Morgan fingerprint density at radius 1 is 1.16 bits per heavy atom. The van der Waals surface area contributed by atoms with E-state index >= 15 is 0 Å². The molecule has 0 N–H and O–H groups in total. The van der Waals surface area contributed by atoms with Crippen molar-refractivity contribution in [2.75, 3.05) is 37.7 Å². The first-order chi connectivity index (χ1) is 11.9. The molecule has 0 radical (unpaired) electrons. The van der Waals surface area contributed by atoms with Crippen LogP contribution in [0.2, 0.25) is 0 Å². The molecule has 25 heavy (non-hydrogen) atoms. The van der Waals surface area contributed by atoms with E-state index < -0.39 is 10.0 Å². The topological polar surface area (TPSA) is 67.7 Å². The monoisotopic (exact) mass is 364 g/mol. The third-order valence-corrected chi connectivity index (χ3v) is 6.55. The molecule has 1 aliphatic rings. The number of benzene rings is 1. The second-order valence-electron chi connectivity index (χ2n) is 6.01. The summed E-state index contributed by atoms with van der Waals surface area (Å²) in [4.78, 5) is 2.46. The Kier molecular flexibility index (Phi) is 5.01. The van der Waals surface area contributed by atoms with Crippen molar-refractivity contribution < 1.29 is 13.2 Å². The number of rotatable bonds is 5. The number of nitrogens with zero attached hydrogens (tertiary/aromatic N) is 4. The van der Waals surface area contributed by atoms with Crippen LogP contribution < -0.4 is 9.64 Å². The van der Waals surface area contributed by atoms with Crippen molar-refractivity contribution in [1.82, 2.24) is 14.1 Å². The first-order valence-corrected chi connectivity index (χ1v) is 9.84. The SMILES string of the molecule is CCOc1ccccc1N1CCN(S(=O)(=O)c2cnn(C)c2C)CC1. The lowest BCUT2D eigenvalue weighted by Crippen LogP contribution is -2.48. The van der Waals surface area contributed by atoms with E-state index in [4.69, 9.17) is 4.74 Å². The molecule has 3 rings (SSSR count). The summed E-state index contributed by atoms with van der Waals surface area (Å²) in [6.07, 6.45) is 1.43. The van der Waals surface area contributed by atoms with Crippen LogP contribution in [0.3, 0.4) is 0 Å². The molecule has 8 heteroatoms. The summed E-state index contributed by atoms with van der Waals surface area (Å²) in [5, 5.41) is 4.06.